The Morgan fingerprint density at radius 3 is 2.82 bits per heavy atom. The maximum atomic E-state index is 10.5. The van der Waals surface area contributed by atoms with Gasteiger partial charge in [0.25, 0.3) is 0 Å². The molecule has 1 unspecified atom stereocenters. The van der Waals surface area contributed by atoms with E-state index in [1.54, 1.807) is 6.92 Å². The van der Waals surface area contributed by atoms with Crippen molar-refractivity contribution < 1.29 is 10.4 Å². The SMILES string of the molecule is Cc1cnc(N)c([NH+]([O-])O)c1. The average molecular weight is 155 g/mol. The Bertz CT molecular complexity index is 262. The fourth-order valence-electron chi connectivity index (χ4n) is 0.751. The second kappa shape index (κ2) is 2.83. The molecule has 5 heteroatoms. The molecule has 0 bridgehead atoms. The van der Waals surface area contributed by atoms with Crippen molar-refractivity contribution in [2.75, 3.05) is 5.73 Å². The molecule has 0 fully saturated rings. The largest absolute Gasteiger partial charge is 0.595 e. The number of nitrogen functional groups attached to an aromatic ring is 1. The van der Waals surface area contributed by atoms with E-state index in [0.29, 0.717) is 0 Å². The van der Waals surface area contributed by atoms with Gasteiger partial charge in [0, 0.05) is 12.3 Å². The molecule has 1 atom stereocenters. The van der Waals surface area contributed by atoms with Crippen LogP contribution in [0.1, 0.15) is 5.56 Å². The van der Waals surface area contributed by atoms with Gasteiger partial charge in [0.1, 0.15) is 0 Å². The molecule has 0 aromatic carbocycles. The van der Waals surface area contributed by atoms with Crippen LogP contribution in [0.5, 0.6) is 0 Å². The minimum Gasteiger partial charge on any atom is -0.595 e. The number of anilines is 1. The highest BCUT2D eigenvalue weighted by Crippen LogP contribution is 2.10. The van der Waals surface area contributed by atoms with Gasteiger partial charge in [-0.15, -0.1) is 0 Å². The fraction of sp³-hybridized carbons (Fsp3) is 0.167. The van der Waals surface area contributed by atoms with Gasteiger partial charge >= 0.3 is 0 Å². The summed E-state index contributed by atoms with van der Waals surface area (Å²) < 4.78 is 0. The van der Waals surface area contributed by atoms with E-state index in [4.69, 9.17) is 10.9 Å². The molecule has 1 aromatic rings. The molecule has 1 heterocycles. The van der Waals surface area contributed by atoms with Gasteiger partial charge in [-0.25, -0.2) is 10.2 Å². The lowest BCUT2D eigenvalue weighted by Crippen LogP contribution is -2.99. The smallest absolute Gasteiger partial charge is 0.206 e. The number of aryl methyl sites for hydroxylation is 1. The number of nitrogens with two attached hydrogens (primary N) is 1. The van der Waals surface area contributed by atoms with E-state index in [-0.39, 0.29) is 11.5 Å². The van der Waals surface area contributed by atoms with Gasteiger partial charge in [0.15, 0.2) is 5.82 Å². The van der Waals surface area contributed by atoms with Crippen LogP contribution in [0.3, 0.4) is 0 Å². The van der Waals surface area contributed by atoms with Gasteiger partial charge in [0.2, 0.25) is 5.69 Å². The number of rotatable bonds is 1. The van der Waals surface area contributed by atoms with Crippen LogP contribution in [-0.4, -0.2) is 10.2 Å². The Morgan fingerprint density at radius 1 is 1.73 bits per heavy atom. The second-order valence-electron chi connectivity index (χ2n) is 2.25. The molecular weight excluding hydrogens is 146 g/mol. The zero-order valence-corrected chi connectivity index (χ0v) is 6.03. The number of nitrogens with one attached hydrogen (secondary N) is 1. The van der Waals surface area contributed by atoms with Crippen molar-refractivity contribution >= 4 is 11.5 Å². The third kappa shape index (κ3) is 1.64. The molecule has 1 rings (SSSR count). The quantitative estimate of drug-likeness (QED) is 0.471. The molecule has 0 amide bonds. The monoisotopic (exact) mass is 155 g/mol. The molecular formula is C6H9N3O2. The molecule has 1 aromatic heterocycles. The van der Waals surface area contributed by atoms with Gasteiger partial charge in [-0.05, 0) is 12.5 Å². The van der Waals surface area contributed by atoms with E-state index in [9.17, 15) is 5.21 Å². The Balaban J connectivity index is 3.13. The highest BCUT2D eigenvalue weighted by Gasteiger charge is 2.06. The number of nitrogens with zero attached hydrogens (tertiary/aromatic N) is 1. The minimum atomic E-state index is -1.04. The maximum Gasteiger partial charge on any atom is 0.206 e. The molecule has 0 saturated carbocycles. The Labute approximate surface area is 63.6 Å². The van der Waals surface area contributed by atoms with E-state index < -0.39 is 5.23 Å². The van der Waals surface area contributed by atoms with Crippen molar-refractivity contribution in [3.63, 3.8) is 0 Å². The first-order valence-corrected chi connectivity index (χ1v) is 3.06. The number of hydrogen-bond donors (Lipinski definition) is 3. The summed E-state index contributed by atoms with van der Waals surface area (Å²) in [5, 5.41) is 18.0. The van der Waals surface area contributed by atoms with Crippen LogP contribution in [0.2, 0.25) is 0 Å². The number of quaternary nitrogens is 1. The fourth-order valence-corrected chi connectivity index (χ4v) is 0.751. The predicted molar refractivity (Wildman–Crippen MR) is 39.2 cm³/mol. The average Bonchev–Trinajstić information content (AvgIpc) is 1.94. The van der Waals surface area contributed by atoms with Gasteiger partial charge in [0.05, 0.1) is 0 Å². The summed E-state index contributed by atoms with van der Waals surface area (Å²) in [6.45, 7) is 1.76. The maximum absolute atomic E-state index is 10.5. The third-order valence-electron chi connectivity index (χ3n) is 1.29. The van der Waals surface area contributed by atoms with Crippen molar-refractivity contribution in [2.45, 2.75) is 6.92 Å². The minimum absolute atomic E-state index is 0.0584. The predicted octanol–water partition coefficient (Wildman–Crippen LogP) is -0.624. The molecule has 0 saturated heterocycles. The molecule has 0 radical (unpaired) electrons. The first-order chi connectivity index (χ1) is 5.11. The van der Waals surface area contributed by atoms with E-state index >= 15 is 0 Å². The van der Waals surface area contributed by atoms with Crippen molar-refractivity contribution in [1.29, 1.82) is 0 Å². The van der Waals surface area contributed by atoms with Crippen molar-refractivity contribution in [1.82, 2.24) is 4.98 Å². The normalized spacial score (nSPS) is 13.0. The summed E-state index contributed by atoms with van der Waals surface area (Å²) in [4.78, 5) is 3.70. The number of pyridine rings is 1. The lowest BCUT2D eigenvalue weighted by molar-refractivity contribution is -0.991. The molecule has 11 heavy (non-hydrogen) atoms. The highest BCUT2D eigenvalue weighted by atomic mass is 16.8. The van der Waals surface area contributed by atoms with Crippen LogP contribution in [0.25, 0.3) is 0 Å². The van der Waals surface area contributed by atoms with Crippen LogP contribution >= 0.6 is 0 Å². The Kier molecular flexibility index (Phi) is 2.04. The second-order valence-corrected chi connectivity index (χ2v) is 2.25. The van der Waals surface area contributed by atoms with E-state index in [1.165, 1.54) is 12.3 Å². The van der Waals surface area contributed by atoms with Gasteiger partial charge in [-0.3, -0.25) is 0 Å². The summed E-state index contributed by atoms with van der Waals surface area (Å²) in [6, 6.07) is 1.49. The summed E-state index contributed by atoms with van der Waals surface area (Å²) in [5.41, 5.74) is 6.15. The number of aromatic nitrogens is 1. The van der Waals surface area contributed by atoms with Crippen LogP contribution < -0.4 is 11.0 Å². The van der Waals surface area contributed by atoms with E-state index in [2.05, 4.69) is 4.98 Å². The lowest BCUT2D eigenvalue weighted by atomic mass is 10.3. The molecule has 0 spiro atoms. The summed E-state index contributed by atoms with van der Waals surface area (Å²) in [7, 11) is 0. The van der Waals surface area contributed by atoms with E-state index in [1.807, 2.05) is 0 Å². The lowest BCUT2D eigenvalue weighted by Gasteiger charge is -2.12. The summed E-state index contributed by atoms with van der Waals surface area (Å²) >= 11 is 0. The topological polar surface area (TPSA) is 86.6 Å². The Hall–Kier alpha value is -1.17. The van der Waals surface area contributed by atoms with Gasteiger partial charge in [-0.2, -0.15) is 5.23 Å². The zero-order chi connectivity index (χ0) is 8.43. The number of hydrogen-bond acceptors (Lipinski definition) is 4. The molecule has 60 valence electrons. The first kappa shape index (κ1) is 7.93. The van der Waals surface area contributed by atoms with Crippen LogP contribution in [0, 0.1) is 12.1 Å². The first-order valence-electron chi connectivity index (χ1n) is 3.06. The standard InChI is InChI=1S/C6H9N3O2/c1-4-2-5(9(10)11)6(7)8-3-4/h2-3,9-10H,1H3,(H2,7,8). The Morgan fingerprint density at radius 2 is 2.36 bits per heavy atom. The van der Waals surface area contributed by atoms with Crippen LogP contribution in [0.15, 0.2) is 12.3 Å². The van der Waals surface area contributed by atoms with Crippen molar-refractivity contribution in [2.24, 2.45) is 0 Å². The molecule has 0 aliphatic carbocycles. The van der Waals surface area contributed by atoms with Gasteiger partial charge in [-0.1, -0.05) is 0 Å². The molecule has 5 nitrogen and oxygen atoms in total. The van der Waals surface area contributed by atoms with Crippen molar-refractivity contribution in [3.05, 3.63) is 23.0 Å². The molecule has 4 N–H and O–H groups in total. The zero-order valence-electron chi connectivity index (χ0n) is 6.03. The molecule has 0 aliphatic rings. The van der Waals surface area contributed by atoms with Gasteiger partial charge < -0.3 is 10.9 Å². The third-order valence-corrected chi connectivity index (χ3v) is 1.29. The van der Waals surface area contributed by atoms with Crippen LogP contribution in [0.4, 0.5) is 11.5 Å². The van der Waals surface area contributed by atoms with Crippen LogP contribution in [-0.2, 0) is 0 Å². The highest BCUT2D eigenvalue weighted by molar-refractivity contribution is 5.52. The van der Waals surface area contributed by atoms with E-state index in [0.717, 1.165) is 5.56 Å². The molecule has 0 aliphatic heterocycles. The summed E-state index contributed by atoms with van der Waals surface area (Å²) in [5.74, 6) is 0.0584. The summed E-state index contributed by atoms with van der Waals surface area (Å²) in [6.07, 6.45) is 1.53. The van der Waals surface area contributed by atoms with Crippen molar-refractivity contribution in [3.8, 4) is 0 Å².